The number of aromatic amines is 1. The fourth-order valence-electron chi connectivity index (χ4n) is 4.67. The van der Waals surface area contributed by atoms with Gasteiger partial charge in [-0.15, -0.1) is 0 Å². The van der Waals surface area contributed by atoms with E-state index in [1.54, 1.807) is 0 Å². The Balaban J connectivity index is 1.82. The van der Waals surface area contributed by atoms with Gasteiger partial charge in [0.15, 0.2) is 6.67 Å². The Bertz CT molecular complexity index is 1280. The monoisotopic (exact) mass is 453 g/mol. The summed E-state index contributed by atoms with van der Waals surface area (Å²) in [4.78, 5) is 15.1. The van der Waals surface area contributed by atoms with E-state index in [1.807, 2.05) is 91.0 Å². The van der Waals surface area contributed by atoms with Gasteiger partial charge in [0.05, 0.1) is 16.8 Å². The van der Waals surface area contributed by atoms with Gasteiger partial charge in [0.1, 0.15) is 5.83 Å². The van der Waals surface area contributed by atoms with E-state index in [0.717, 1.165) is 16.7 Å². The molecule has 0 saturated heterocycles. The minimum Gasteiger partial charge on any atom is -0.281 e. The van der Waals surface area contributed by atoms with Crippen LogP contribution in [0.2, 0.25) is 0 Å². The van der Waals surface area contributed by atoms with Gasteiger partial charge in [0.25, 0.3) is 5.91 Å². The zero-order valence-electron chi connectivity index (χ0n) is 18.2. The van der Waals surface area contributed by atoms with Gasteiger partial charge in [0.2, 0.25) is 0 Å². The SMILES string of the molecule is O=C(CF)N=C1Cc2[nH]nc(C(c3ccccc3)(c3ccccc3)c3ccccc3)c2C=C1F. The number of fused-ring (bicyclic) bond motifs is 1. The molecule has 6 heteroatoms. The summed E-state index contributed by atoms with van der Waals surface area (Å²) in [5, 5.41) is 7.75. The summed E-state index contributed by atoms with van der Waals surface area (Å²) < 4.78 is 27.8. The van der Waals surface area contributed by atoms with Gasteiger partial charge >= 0.3 is 0 Å². The fraction of sp³-hybridized carbons (Fsp3) is 0.107. The van der Waals surface area contributed by atoms with Crippen molar-refractivity contribution in [2.24, 2.45) is 4.99 Å². The smallest absolute Gasteiger partial charge is 0.277 e. The van der Waals surface area contributed by atoms with Crippen LogP contribution < -0.4 is 0 Å². The first-order chi connectivity index (χ1) is 16.6. The largest absolute Gasteiger partial charge is 0.281 e. The maximum Gasteiger partial charge on any atom is 0.277 e. The lowest BCUT2D eigenvalue weighted by atomic mass is 9.66. The highest BCUT2D eigenvalue weighted by Crippen LogP contribution is 2.46. The summed E-state index contributed by atoms with van der Waals surface area (Å²) in [5.74, 6) is -1.67. The van der Waals surface area contributed by atoms with Crippen LogP contribution in [0.25, 0.3) is 6.08 Å². The lowest BCUT2D eigenvalue weighted by Gasteiger charge is -2.35. The van der Waals surface area contributed by atoms with Gasteiger partial charge < -0.3 is 0 Å². The molecule has 0 unspecified atom stereocenters. The van der Waals surface area contributed by atoms with Gasteiger partial charge in [-0.1, -0.05) is 91.0 Å². The maximum atomic E-state index is 15.1. The highest BCUT2D eigenvalue weighted by atomic mass is 19.1. The fourth-order valence-corrected chi connectivity index (χ4v) is 4.67. The molecule has 1 amide bonds. The zero-order valence-corrected chi connectivity index (χ0v) is 18.2. The number of hydrogen-bond acceptors (Lipinski definition) is 2. The number of halogens is 2. The van der Waals surface area contributed by atoms with Gasteiger partial charge in [-0.3, -0.25) is 9.89 Å². The molecule has 1 N–H and O–H groups in total. The normalized spacial score (nSPS) is 14.5. The molecule has 4 aromatic rings. The number of H-pyrrole nitrogens is 1. The topological polar surface area (TPSA) is 58.1 Å². The second kappa shape index (κ2) is 8.98. The van der Waals surface area contributed by atoms with Crippen molar-refractivity contribution in [3.05, 3.63) is 130 Å². The zero-order chi connectivity index (χ0) is 23.5. The van der Waals surface area contributed by atoms with Crippen LogP contribution in [-0.2, 0) is 16.6 Å². The Morgan fingerprint density at radius 1 is 0.882 bits per heavy atom. The van der Waals surface area contributed by atoms with Crippen LogP contribution in [0, 0.1) is 0 Å². The first kappa shape index (κ1) is 21.6. The molecule has 1 aromatic heterocycles. The number of rotatable bonds is 5. The number of carbonyl (C=O) groups excluding carboxylic acids is 1. The van der Waals surface area contributed by atoms with E-state index < -0.39 is 23.8 Å². The highest BCUT2D eigenvalue weighted by Gasteiger charge is 2.43. The molecule has 3 aromatic carbocycles. The minimum atomic E-state index is -1.27. The lowest BCUT2D eigenvalue weighted by molar-refractivity contribution is -0.118. The number of nitrogens with one attached hydrogen (secondary N) is 1. The van der Waals surface area contributed by atoms with Crippen LogP contribution in [0.3, 0.4) is 0 Å². The predicted octanol–water partition coefficient (Wildman–Crippen LogP) is 5.60. The molecule has 168 valence electrons. The molecule has 0 spiro atoms. The third-order valence-corrected chi connectivity index (χ3v) is 6.12. The molecule has 0 fully saturated rings. The Kier molecular flexibility index (Phi) is 5.72. The van der Waals surface area contributed by atoms with Crippen molar-refractivity contribution in [1.29, 1.82) is 0 Å². The van der Waals surface area contributed by atoms with Crippen LogP contribution >= 0.6 is 0 Å². The predicted molar refractivity (Wildman–Crippen MR) is 128 cm³/mol. The lowest BCUT2D eigenvalue weighted by Crippen LogP contribution is -2.32. The van der Waals surface area contributed by atoms with Crippen LogP contribution in [-0.4, -0.2) is 28.5 Å². The molecule has 0 radical (unpaired) electrons. The highest BCUT2D eigenvalue weighted by molar-refractivity contribution is 6.10. The quantitative estimate of drug-likeness (QED) is 0.400. The number of alkyl halides is 1. The third-order valence-electron chi connectivity index (χ3n) is 6.12. The molecular weight excluding hydrogens is 432 g/mol. The van der Waals surface area contributed by atoms with Crippen LogP contribution in [0.5, 0.6) is 0 Å². The summed E-state index contributed by atoms with van der Waals surface area (Å²) in [6.07, 6.45) is 1.36. The molecule has 4 nitrogen and oxygen atoms in total. The first-order valence-electron chi connectivity index (χ1n) is 10.9. The van der Waals surface area contributed by atoms with E-state index in [9.17, 15) is 9.18 Å². The summed E-state index contributed by atoms with van der Waals surface area (Å²) >= 11 is 0. The van der Waals surface area contributed by atoms with Gasteiger partial charge in [-0.25, -0.2) is 13.8 Å². The summed E-state index contributed by atoms with van der Waals surface area (Å²) in [6, 6.07) is 29.9. The Labute approximate surface area is 195 Å². The minimum absolute atomic E-state index is 0.0187. The van der Waals surface area contributed by atoms with E-state index in [0.29, 0.717) is 17.0 Å². The summed E-state index contributed by atoms with van der Waals surface area (Å²) in [7, 11) is 0. The Hall–Kier alpha value is -4.19. The van der Waals surface area contributed by atoms with E-state index in [-0.39, 0.29) is 12.1 Å². The Morgan fingerprint density at radius 3 is 1.85 bits per heavy atom. The van der Waals surface area contributed by atoms with Gasteiger partial charge in [-0.2, -0.15) is 5.10 Å². The van der Waals surface area contributed by atoms with E-state index in [2.05, 4.69) is 10.1 Å². The molecule has 0 bridgehead atoms. The number of aliphatic imine (C=N–C) groups is 1. The number of amides is 1. The molecule has 34 heavy (non-hydrogen) atoms. The molecule has 0 saturated carbocycles. The average Bonchev–Trinajstić information content (AvgIpc) is 3.29. The number of nitrogens with zero attached hydrogens (tertiary/aromatic N) is 2. The molecule has 5 rings (SSSR count). The van der Waals surface area contributed by atoms with Gasteiger partial charge in [0, 0.05) is 17.7 Å². The average molecular weight is 453 g/mol. The van der Waals surface area contributed by atoms with E-state index in [1.165, 1.54) is 6.08 Å². The Morgan fingerprint density at radius 2 is 1.38 bits per heavy atom. The van der Waals surface area contributed by atoms with Crippen molar-refractivity contribution in [1.82, 2.24) is 10.2 Å². The molecular formula is C28H21F2N3O. The second-order valence-corrected chi connectivity index (χ2v) is 8.07. The number of aromatic nitrogens is 2. The van der Waals surface area contributed by atoms with Crippen LogP contribution in [0.15, 0.2) is 102 Å². The van der Waals surface area contributed by atoms with E-state index in [4.69, 9.17) is 5.10 Å². The summed E-state index contributed by atoms with van der Waals surface area (Å²) in [5.41, 5.74) is 3.84. The molecule has 1 aliphatic rings. The van der Waals surface area contributed by atoms with Crippen molar-refractivity contribution in [3.8, 4) is 0 Å². The van der Waals surface area contributed by atoms with Crippen molar-refractivity contribution in [2.75, 3.05) is 6.67 Å². The second-order valence-electron chi connectivity index (χ2n) is 8.07. The summed E-state index contributed by atoms with van der Waals surface area (Å²) in [6.45, 7) is -1.27. The number of benzene rings is 3. The van der Waals surface area contributed by atoms with Crippen molar-refractivity contribution >= 4 is 17.7 Å². The molecule has 1 heterocycles. The molecule has 0 aliphatic heterocycles. The third kappa shape index (κ3) is 3.57. The molecule has 1 aliphatic carbocycles. The molecule has 0 atom stereocenters. The van der Waals surface area contributed by atoms with Crippen molar-refractivity contribution in [2.45, 2.75) is 11.8 Å². The van der Waals surface area contributed by atoms with E-state index >= 15 is 4.39 Å². The van der Waals surface area contributed by atoms with Crippen LogP contribution in [0.1, 0.15) is 33.6 Å². The van der Waals surface area contributed by atoms with Crippen molar-refractivity contribution in [3.63, 3.8) is 0 Å². The van der Waals surface area contributed by atoms with Crippen LogP contribution in [0.4, 0.5) is 8.78 Å². The number of allylic oxidation sites excluding steroid dienone is 1. The standard InChI is InChI=1S/C28H21F2N3O/c29-18-26(34)31-25-17-24-22(16-23(25)30)27(33-32-24)28(19-10-4-1-5-11-19,20-12-6-2-7-13-20)21-14-8-3-9-15-21/h1-16H,17-18H2,(H,32,33). The van der Waals surface area contributed by atoms with Gasteiger partial charge in [-0.05, 0) is 22.8 Å². The number of hydrogen-bond donors (Lipinski definition) is 1. The number of carbonyl (C=O) groups is 1. The first-order valence-corrected chi connectivity index (χ1v) is 10.9. The maximum absolute atomic E-state index is 15.1. The van der Waals surface area contributed by atoms with Crippen molar-refractivity contribution < 1.29 is 13.6 Å².